The molecule has 0 aliphatic rings. The summed E-state index contributed by atoms with van der Waals surface area (Å²) >= 11 is 5.72. The maximum Gasteiger partial charge on any atom is 0.313 e. The van der Waals surface area contributed by atoms with Crippen molar-refractivity contribution >= 4 is 23.4 Å². The summed E-state index contributed by atoms with van der Waals surface area (Å²) in [5, 5.41) is 9.50. The molecule has 0 saturated carbocycles. The highest BCUT2D eigenvalue weighted by Gasteiger charge is 2.18. The number of ketones is 1. The summed E-state index contributed by atoms with van der Waals surface area (Å²) in [6.07, 6.45) is -0.437. The molecular formula is C10H9ClO4. The molecule has 15 heavy (non-hydrogen) atoms. The van der Waals surface area contributed by atoms with Gasteiger partial charge in [0.1, 0.15) is 12.2 Å². The number of phenols is 1. The molecule has 0 unspecified atom stereocenters. The predicted octanol–water partition coefficient (Wildman–Crippen LogP) is 1.79. The Balaban J connectivity index is 2.96. The maximum atomic E-state index is 11.5. The first-order chi connectivity index (χ1) is 7.06. The average Bonchev–Trinajstić information content (AvgIpc) is 2.17. The Morgan fingerprint density at radius 1 is 1.47 bits per heavy atom. The third-order valence-electron chi connectivity index (χ3n) is 1.80. The van der Waals surface area contributed by atoms with Crippen LogP contribution in [0.1, 0.15) is 16.8 Å². The molecule has 1 N–H and O–H groups in total. The molecule has 0 heterocycles. The van der Waals surface area contributed by atoms with Crippen molar-refractivity contribution in [3.05, 3.63) is 28.8 Å². The predicted molar refractivity (Wildman–Crippen MR) is 54.1 cm³/mol. The van der Waals surface area contributed by atoms with Crippen LogP contribution in [0.5, 0.6) is 5.75 Å². The molecule has 5 heteroatoms. The number of hydrogen-bond acceptors (Lipinski definition) is 4. The van der Waals surface area contributed by atoms with Gasteiger partial charge in [-0.1, -0.05) is 17.7 Å². The highest BCUT2D eigenvalue weighted by atomic mass is 35.5. The van der Waals surface area contributed by atoms with Crippen molar-refractivity contribution in [2.45, 2.75) is 6.42 Å². The van der Waals surface area contributed by atoms with Crippen molar-refractivity contribution in [3.63, 3.8) is 0 Å². The fourth-order valence-electron chi connectivity index (χ4n) is 1.08. The van der Waals surface area contributed by atoms with Crippen LogP contribution in [0.2, 0.25) is 5.02 Å². The van der Waals surface area contributed by atoms with Crippen LogP contribution in [0, 0.1) is 0 Å². The van der Waals surface area contributed by atoms with Gasteiger partial charge < -0.3 is 9.84 Å². The number of esters is 1. The lowest BCUT2D eigenvalue weighted by atomic mass is 10.1. The van der Waals surface area contributed by atoms with E-state index in [2.05, 4.69) is 4.74 Å². The van der Waals surface area contributed by atoms with E-state index in [-0.39, 0.29) is 16.3 Å². The standard InChI is InChI=1S/C10H9ClO4/c1-15-9(14)5-8(13)10-6(11)3-2-4-7(10)12/h2-4,12H,5H2,1H3. The van der Waals surface area contributed by atoms with Crippen LogP contribution in [-0.2, 0) is 9.53 Å². The number of benzene rings is 1. The van der Waals surface area contributed by atoms with Crippen LogP contribution in [0.15, 0.2) is 18.2 Å². The zero-order valence-electron chi connectivity index (χ0n) is 7.99. The van der Waals surface area contributed by atoms with E-state index in [1.807, 2.05) is 0 Å². The van der Waals surface area contributed by atoms with E-state index in [0.717, 1.165) is 0 Å². The Morgan fingerprint density at radius 2 is 2.13 bits per heavy atom. The second-order valence-corrected chi connectivity index (χ2v) is 3.22. The molecule has 0 aromatic heterocycles. The van der Waals surface area contributed by atoms with Crippen LogP contribution in [0.4, 0.5) is 0 Å². The van der Waals surface area contributed by atoms with E-state index in [1.165, 1.54) is 25.3 Å². The molecule has 4 nitrogen and oxygen atoms in total. The number of halogens is 1. The molecule has 0 spiro atoms. The van der Waals surface area contributed by atoms with E-state index in [4.69, 9.17) is 11.6 Å². The highest BCUT2D eigenvalue weighted by molar-refractivity contribution is 6.34. The summed E-state index contributed by atoms with van der Waals surface area (Å²) in [6, 6.07) is 4.30. The van der Waals surface area contributed by atoms with Gasteiger partial charge >= 0.3 is 5.97 Å². The minimum absolute atomic E-state index is 0.0513. The van der Waals surface area contributed by atoms with Gasteiger partial charge in [0.25, 0.3) is 0 Å². The number of phenolic OH excluding ortho intramolecular Hbond substituents is 1. The summed E-state index contributed by atoms with van der Waals surface area (Å²) in [4.78, 5) is 22.4. The fraction of sp³-hybridized carbons (Fsp3) is 0.200. The van der Waals surface area contributed by atoms with E-state index in [0.29, 0.717) is 0 Å². The number of carbonyl (C=O) groups is 2. The highest BCUT2D eigenvalue weighted by Crippen LogP contribution is 2.26. The van der Waals surface area contributed by atoms with Crippen molar-refractivity contribution in [1.82, 2.24) is 0 Å². The molecule has 0 fully saturated rings. The van der Waals surface area contributed by atoms with Gasteiger partial charge in [-0.2, -0.15) is 0 Å². The smallest absolute Gasteiger partial charge is 0.313 e. The summed E-state index contributed by atoms with van der Waals surface area (Å²) in [6.45, 7) is 0. The van der Waals surface area contributed by atoms with Gasteiger partial charge in [-0.05, 0) is 12.1 Å². The van der Waals surface area contributed by atoms with Crippen molar-refractivity contribution in [3.8, 4) is 5.75 Å². The van der Waals surface area contributed by atoms with Crippen LogP contribution in [0.25, 0.3) is 0 Å². The van der Waals surface area contributed by atoms with Crippen LogP contribution in [-0.4, -0.2) is 24.0 Å². The number of ether oxygens (including phenoxy) is 1. The number of hydrogen-bond donors (Lipinski definition) is 1. The van der Waals surface area contributed by atoms with E-state index in [1.54, 1.807) is 0 Å². The zero-order valence-corrected chi connectivity index (χ0v) is 8.75. The Hall–Kier alpha value is -1.55. The monoisotopic (exact) mass is 228 g/mol. The van der Waals surface area contributed by atoms with Gasteiger partial charge in [0.15, 0.2) is 5.78 Å². The average molecular weight is 229 g/mol. The van der Waals surface area contributed by atoms with Crippen LogP contribution >= 0.6 is 11.6 Å². The number of Topliss-reactive ketones (excluding diaryl/α,β-unsaturated/α-hetero) is 1. The number of rotatable bonds is 3. The summed E-state index contributed by atoms with van der Waals surface area (Å²) in [5.74, 6) is -1.47. The van der Waals surface area contributed by atoms with Gasteiger partial charge in [-0.3, -0.25) is 9.59 Å². The SMILES string of the molecule is COC(=O)CC(=O)c1c(O)cccc1Cl. The van der Waals surface area contributed by atoms with Crippen molar-refractivity contribution < 1.29 is 19.4 Å². The van der Waals surface area contributed by atoms with Crippen molar-refractivity contribution in [1.29, 1.82) is 0 Å². The third-order valence-corrected chi connectivity index (χ3v) is 2.12. The number of aromatic hydroxyl groups is 1. The summed E-state index contributed by atoms with van der Waals surface area (Å²) in [7, 11) is 1.18. The lowest BCUT2D eigenvalue weighted by molar-refractivity contribution is -0.139. The molecule has 0 aliphatic carbocycles. The molecule has 1 rings (SSSR count). The third kappa shape index (κ3) is 2.70. The largest absolute Gasteiger partial charge is 0.507 e. The molecule has 0 aliphatic heterocycles. The molecule has 0 atom stereocenters. The number of methoxy groups -OCH3 is 1. The first kappa shape index (κ1) is 11.5. The van der Waals surface area contributed by atoms with E-state index < -0.39 is 18.2 Å². The second kappa shape index (κ2) is 4.79. The Kier molecular flexibility index (Phi) is 3.68. The zero-order chi connectivity index (χ0) is 11.4. The topological polar surface area (TPSA) is 63.6 Å². The molecular weight excluding hydrogens is 220 g/mol. The second-order valence-electron chi connectivity index (χ2n) is 2.81. The lowest BCUT2D eigenvalue weighted by Crippen LogP contribution is -2.10. The minimum atomic E-state index is -0.667. The molecule has 1 aromatic carbocycles. The van der Waals surface area contributed by atoms with Gasteiger partial charge in [-0.15, -0.1) is 0 Å². The molecule has 0 amide bonds. The Labute approximate surface area is 91.4 Å². The van der Waals surface area contributed by atoms with Gasteiger partial charge in [0.2, 0.25) is 0 Å². The van der Waals surface area contributed by atoms with Gasteiger partial charge in [0.05, 0.1) is 17.7 Å². The van der Waals surface area contributed by atoms with Gasteiger partial charge in [0, 0.05) is 0 Å². The molecule has 0 saturated heterocycles. The van der Waals surface area contributed by atoms with Crippen molar-refractivity contribution in [2.24, 2.45) is 0 Å². The van der Waals surface area contributed by atoms with Crippen molar-refractivity contribution in [2.75, 3.05) is 7.11 Å². The quantitative estimate of drug-likeness (QED) is 0.487. The molecule has 80 valence electrons. The Bertz CT molecular complexity index is 380. The van der Waals surface area contributed by atoms with E-state index in [9.17, 15) is 14.7 Å². The fourth-order valence-corrected chi connectivity index (χ4v) is 1.36. The summed E-state index contributed by atoms with van der Waals surface area (Å²) in [5.41, 5.74) is -0.0513. The first-order valence-electron chi connectivity index (χ1n) is 4.13. The van der Waals surface area contributed by atoms with Crippen LogP contribution in [0.3, 0.4) is 0 Å². The first-order valence-corrected chi connectivity index (χ1v) is 4.51. The van der Waals surface area contributed by atoms with Crippen LogP contribution < -0.4 is 0 Å². The van der Waals surface area contributed by atoms with Gasteiger partial charge in [-0.25, -0.2) is 0 Å². The normalized spacial score (nSPS) is 9.73. The van der Waals surface area contributed by atoms with E-state index >= 15 is 0 Å². The molecule has 1 aromatic rings. The lowest BCUT2D eigenvalue weighted by Gasteiger charge is -2.04. The summed E-state index contributed by atoms with van der Waals surface area (Å²) < 4.78 is 4.34. The number of carbonyl (C=O) groups excluding carboxylic acids is 2. The molecule has 0 bridgehead atoms. The molecule has 0 radical (unpaired) electrons. The Morgan fingerprint density at radius 3 is 2.67 bits per heavy atom. The minimum Gasteiger partial charge on any atom is -0.507 e. The maximum absolute atomic E-state index is 11.5.